The molecule has 1 heterocycles. The lowest BCUT2D eigenvalue weighted by atomic mass is 9.74. The molecule has 1 unspecified atom stereocenters. The van der Waals surface area contributed by atoms with Gasteiger partial charge in [-0.1, -0.05) is 19.8 Å². The molecule has 96 valence electrons. The van der Waals surface area contributed by atoms with Crippen LogP contribution in [0.5, 0.6) is 0 Å². The van der Waals surface area contributed by atoms with Gasteiger partial charge in [0.2, 0.25) is 5.91 Å². The minimum atomic E-state index is -0.319. The monoisotopic (exact) mass is 236 g/mol. The molecule has 0 aliphatic carbocycles. The smallest absolute Gasteiger partial charge is 0.229 e. The third-order valence-corrected chi connectivity index (χ3v) is 3.82. The Kier molecular flexibility index (Phi) is 5.02. The number of nitrogens with zero attached hydrogens (tertiary/aromatic N) is 1. The van der Waals surface area contributed by atoms with E-state index in [0.29, 0.717) is 19.0 Å². The number of terminal acetylenes is 1. The number of carbonyl (C=O) groups is 1. The maximum atomic E-state index is 12.5. The van der Waals surface area contributed by atoms with Crippen LogP contribution in [-0.4, -0.2) is 37.0 Å². The highest BCUT2D eigenvalue weighted by atomic mass is 16.2. The summed E-state index contributed by atoms with van der Waals surface area (Å²) in [5.41, 5.74) is -0.319. The van der Waals surface area contributed by atoms with E-state index in [1.165, 1.54) is 0 Å². The number of rotatable bonds is 4. The van der Waals surface area contributed by atoms with Crippen LogP contribution >= 0.6 is 0 Å². The van der Waals surface area contributed by atoms with E-state index in [0.717, 1.165) is 25.9 Å². The molecule has 0 radical (unpaired) electrons. The van der Waals surface area contributed by atoms with Crippen LogP contribution in [0.2, 0.25) is 0 Å². The van der Waals surface area contributed by atoms with Gasteiger partial charge in [0.1, 0.15) is 0 Å². The van der Waals surface area contributed by atoms with E-state index in [4.69, 9.17) is 6.42 Å². The Hall–Kier alpha value is -1.01. The van der Waals surface area contributed by atoms with Gasteiger partial charge in [-0.2, -0.15) is 0 Å². The molecule has 1 saturated heterocycles. The van der Waals surface area contributed by atoms with Gasteiger partial charge in [0.25, 0.3) is 0 Å². The van der Waals surface area contributed by atoms with Gasteiger partial charge in [0.05, 0.1) is 6.54 Å². The Morgan fingerprint density at radius 2 is 2.29 bits per heavy atom. The molecule has 3 nitrogen and oxygen atoms in total. The van der Waals surface area contributed by atoms with Gasteiger partial charge in [0.15, 0.2) is 0 Å². The third kappa shape index (κ3) is 3.23. The fourth-order valence-electron chi connectivity index (χ4n) is 2.49. The molecule has 0 spiro atoms. The SMILES string of the molecule is C#CCN(CC)C(=O)C(C)(C)C1CCCNC1. The Morgan fingerprint density at radius 3 is 2.76 bits per heavy atom. The largest absolute Gasteiger partial charge is 0.331 e. The number of nitrogens with one attached hydrogen (secondary N) is 1. The van der Waals surface area contributed by atoms with Gasteiger partial charge in [0, 0.05) is 12.0 Å². The Bertz CT molecular complexity index is 298. The van der Waals surface area contributed by atoms with Crippen molar-refractivity contribution in [2.45, 2.75) is 33.6 Å². The first kappa shape index (κ1) is 14.1. The second-order valence-corrected chi connectivity index (χ2v) is 5.29. The van der Waals surface area contributed by atoms with Crippen molar-refractivity contribution in [1.29, 1.82) is 0 Å². The van der Waals surface area contributed by atoms with Crippen LogP contribution in [0.25, 0.3) is 0 Å². The zero-order valence-corrected chi connectivity index (χ0v) is 11.3. The number of amides is 1. The number of hydrogen-bond donors (Lipinski definition) is 1. The van der Waals surface area contributed by atoms with E-state index in [9.17, 15) is 4.79 Å². The zero-order chi connectivity index (χ0) is 12.9. The quantitative estimate of drug-likeness (QED) is 0.750. The molecule has 1 aliphatic rings. The first-order valence-corrected chi connectivity index (χ1v) is 6.47. The van der Waals surface area contributed by atoms with E-state index < -0.39 is 0 Å². The second kappa shape index (κ2) is 6.07. The van der Waals surface area contributed by atoms with Crippen molar-refractivity contribution in [3.05, 3.63) is 0 Å². The minimum Gasteiger partial charge on any atom is -0.331 e. The molecule has 17 heavy (non-hydrogen) atoms. The van der Waals surface area contributed by atoms with E-state index >= 15 is 0 Å². The molecule has 1 rings (SSSR count). The molecule has 3 heteroatoms. The molecule has 1 atom stereocenters. The van der Waals surface area contributed by atoms with Crippen LogP contribution in [0.4, 0.5) is 0 Å². The third-order valence-electron chi connectivity index (χ3n) is 3.82. The van der Waals surface area contributed by atoms with Crippen molar-refractivity contribution in [3.63, 3.8) is 0 Å². The highest BCUT2D eigenvalue weighted by Gasteiger charge is 2.39. The number of hydrogen-bond acceptors (Lipinski definition) is 2. The predicted octanol–water partition coefficient (Wildman–Crippen LogP) is 1.49. The summed E-state index contributed by atoms with van der Waals surface area (Å²) in [5, 5.41) is 3.37. The molecular formula is C14H24N2O. The topological polar surface area (TPSA) is 32.3 Å². The van der Waals surface area contributed by atoms with Crippen molar-refractivity contribution in [1.82, 2.24) is 10.2 Å². The molecule has 1 N–H and O–H groups in total. The molecule has 1 amide bonds. The summed E-state index contributed by atoms with van der Waals surface area (Å²) in [6.07, 6.45) is 7.59. The van der Waals surface area contributed by atoms with E-state index in [1.807, 2.05) is 20.8 Å². The lowest BCUT2D eigenvalue weighted by molar-refractivity contribution is -0.143. The normalized spacial score (nSPS) is 20.7. The summed E-state index contributed by atoms with van der Waals surface area (Å²) < 4.78 is 0. The molecule has 1 fully saturated rings. The van der Waals surface area contributed by atoms with Crippen LogP contribution in [0.3, 0.4) is 0 Å². The number of carbonyl (C=O) groups excluding carboxylic acids is 1. The Labute approximate surface area is 105 Å². The molecule has 0 saturated carbocycles. The molecular weight excluding hydrogens is 212 g/mol. The van der Waals surface area contributed by atoms with Gasteiger partial charge >= 0.3 is 0 Å². The van der Waals surface area contributed by atoms with Crippen molar-refractivity contribution in [2.75, 3.05) is 26.2 Å². The summed E-state index contributed by atoms with van der Waals surface area (Å²) >= 11 is 0. The lowest BCUT2D eigenvalue weighted by Gasteiger charge is -2.38. The van der Waals surface area contributed by atoms with Gasteiger partial charge in [-0.25, -0.2) is 0 Å². The first-order valence-electron chi connectivity index (χ1n) is 6.47. The zero-order valence-electron chi connectivity index (χ0n) is 11.3. The summed E-state index contributed by atoms with van der Waals surface area (Å²) in [6.45, 7) is 9.18. The summed E-state index contributed by atoms with van der Waals surface area (Å²) in [6, 6.07) is 0. The Morgan fingerprint density at radius 1 is 1.59 bits per heavy atom. The van der Waals surface area contributed by atoms with Crippen molar-refractivity contribution >= 4 is 5.91 Å². The molecule has 1 aliphatic heterocycles. The van der Waals surface area contributed by atoms with Crippen molar-refractivity contribution < 1.29 is 4.79 Å². The maximum absolute atomic E-state index is 12.5. The summed E-state index contributed by atoms with van der Waals surface area (Å²) in [4.78, 5) is 14.3. The highest BCUT2D eigenvalue weighted by Crippen LogP contribution is 2.33. The van der Waals surface area contributed by atoms with E-state index in [2.05, 4.69) is 11.2 Å². The van der Waals surface area contributed by atoms with Crippen LogP contribution in [0, 0.1) is 23.7 Å². The summed E-state index contributed by atoms with van der Waals surface area (Å²) in [5.74, 6) is 3.16. The van der Waals surface area contributed by atoms with Crippen molar-refractivity contribution in [3.8, 4) is 12.3 Å². The minimum absolute atomic E-state index is 0.187. The fraction of sp³-hybridized carbons (Fsp3) is 0.786. The molecule has 0 aromatic carbocycles. The Balaban J connectivity index is 2.73. The molecule has 0 bridgehead atoms. The van der Waals surface area contributed by atoms with Crippen LogP contribution < -0.4 is 5.32 Å². The van der Waals surface area contributed by atoms with Crippen LogP contribution in [0.15, 0.2) is 0 Å². The van der Waals surface area contributed by atoms with Crippen LogP contribution in [-0.2, 0) is 4.79 Å². The van der Waals surface area contributed by atoms with Crippen LogP contribution in [0.1, 0.15) is 33.6 Å². The van der Waals surface area contributed by atoms with Gasteiger partial charge in [-0.15, -0.1) is 6.42 Å². The van der Waals surface area contributed by atoms with Gasteiger partial charge in [-0.3, -0.25) is 4.79 Å². The predicted molar refractivity (Wildman–Crippen MR) is 70.5 cm³/mol. The average Bonchev–Trinajstić information content (AvgIpc) is 2.36. The average molecular weight is 236 g/mol. The van der Waals surface area contributed by atoms with E-state index in [-0.39, 0.29) is 11.3 Å². The summed E-state index contributed by atoms with van der Waals surface area (Å²) in [7, 11) is 0. The van der Waals surface area contributed by atoms with E-state index in [1.54, 1.807) is 4.90 Å². The molecule has 0 aromatic rings. The molecule has 0 aromatic heterocycles. The standard InChI is InChI=1S/C14H24N2O/c1-5-10-16(6-2)13(17)14(3,4)12-8-7-9-15-11-12/h1,12,15H,6-11H2,2-4H3. The fourth-order valence-corrected chi connectivity index (χ4v) is 2.49. The highest BCUT2D eigenvalue weighted by molar-refractivity contribution is 5.82. The van der Waals surface area contributed by atoms with Gasteiger partial charge in [-0.05, 0) is 38.8 Å². The van der Waals surface area contributed by atoms with Crippen molar-refractivity contribution in [2.24, 2.45) is 11.3 Å². The number of piperidine rings is 1. The van der Waals surface area contributed by atoms with Gasteiger partial charge < -0.3 is 10.2 Å². The first-order chi connectivity index (χ1) is 8.04. The lowest BCUT2D eigenvalue weighted by Crippen LogP contribution is -2.49. The second-order valence-electron chi connectivity index (χ2n) is 5.29. The maximum Gasteiger partial charge on any atom is 0.229 e.